The molecule has 0 radical (unpaired) electrons. The van der Waals surface area contributed by atoms with E-state index in [9.17, 15) is 4.79 Å². The first-order valence-corrected chi connectivity index (χ1v) is 6.15. The van der Waals surface area contributed by atoms with Gasteiger partial charge in [-0.15, -0.1) is 0 Å². The number of carbonyl (C=O) groups is 1. The van der Waals surface area contributed by atoms with Crippen molar-refractivity contribution in [3.8, 4) is 0 Å². The van der Waals surface area contributed by atoms with Crippen LogP contribution >= 0.6 is 15.9 Å². The molecule has 3 atom stereocenters. The number of alkyl halides is 1. The Balaban J connectivity index is 2.44. The summed E-state index contributed by atoms with van der Waals surface area (Å²) in [6.45, 7) is 6.32. The lowest BCUT2D eigenvalue weighted by molar-refractivity contribution is -0.125. The van der Waals surface area contributed by atoms with Gasteiger partial charge < -0.3 is 5.73 Å². The Morgan fingerprint density at radius 1 is 1.79 bits per heavy atom. The van der Waals surface area contributed by atoms with Crippen molar-refractivity contribution in [1.29, 1.82) is 0 Å². The molecule has 0 aromatic rings. The van der Waals surface area contributed by atoms with Gasteiger partial charge in [-0.2, -0.15) is 0 Å². The molecule has 0 heterocycles. The molecule has 2 N–H and O–H groups in total. The zero-order valence-corrected chi connectivity index (χ0v) is 10.1. The van der Waals surface area contributed by atoms with Gasteiger partial charge in [0.2, 0.25) is 5.91 Å². The van der Waals surface area contributed by atoms with Crippen molar-refractivity contribution in [3.05, 3.63) is 12.2 Å². The molecule has 2 nitrogen and oxygen atoms in total. The van der Waals surface area contributed by atoms with Gasteiger partial charge in [-0.25, -0.2) is 0 Å². The minimum atomic E-state index is -0.382. The molecule has 0 saturated heterocycles. The van der Waals surface area contributed by atoms with Crippen LogP contribution in [0.25, 0.3) is 0 Å². The molecule has 2 aliphatic carbocycles. The number of amides is 1. The zero-order valence-electron chi connectivity index (χ0n) is 8.48. The van der Waals surface area contributed by atoms with Crippen LogP contribution < -0.4 is 5.73 Å². The third kappa shape index (κ3) is 0.940. The minimum absolute atomic E-state index is 0.0767. The van der Waals surface area contributed by atoms with Crippen molar-refractivity contribution < 1.29 is 4.79 Å². The summed E-state index contributed by atoms with van der Waals surface area (Å²) in [5.74, 6) is 0.413. The number of rotatable bonds is 2. The molecular weight excluding hydrogens is 242 g/mol. The largest absolute Gasteiger partial charge is 0.369 e. The van der Waals surface area contributed by atoms with E-state index in [2.05, 4.69) is 29.4 Å². The topological polar surface area (TPSA) is 43.1 Å². The van der Waals surface area contributed by atoms with E-state index in [1.165, 1.54) is 0 Å². The van der Waals surface area contributed by atoms with Gasteiger partial charge in [-0.05, 0) is 25.2 Å². The number of fused-ring (bicyclic) bond motifs is 2. The number of hydrogen-bond donors (Lipinski definition) is 1. The summed E-state index contributed by atoms with van der Waals surface area (Å²) < 4.78 is 0. The molecule has 2 rings (SSSR count). The summed E-state index contributed by atoms with van der Waals surface area (Å²) in [5, 5.41) is 0.887. The van der Waals surface area contributed by atoms with Crippen LogP contribution in [-0.4, -0.2) is 11.2 Å². The predicted octanol–water partition coefficient (Wildman–Crippen LogP) is 2.23. The van der Waals surface area contributed by atoms with Crippen LogP contribution in [0.2, 0.25) is 0 Å². The average Bonchev–Trinajstić information content (AvgIpc) is 2.67. The fourth-order valence-corrected chi connectivity index (χ4v) is 4.01. The normalized spacial score (nSPS) is 45.9. The number of nitrogens with two attached hydrogens (primary N) is 1. The first-order chi connectivity index (χ1) is 6.47. The highest BCUT2D eigenvalue weighted by Crippen LogP contribution is 2.65. The molecule has 78 valence electrons. The molecule has 14 heavy (non-hydrogen) atoms. The Hall–Kier alpha value is -0.310. The number of halogens is 1. The van der Waals surface area contributed by atoms with Crippen LogP contribution in [0.3, 0.4) is 0 Å². The van der Waals surface area contributed by atoms with Crippen LogP contribution in [0, 0.1) is 16.7 Å². The fraction of sp³-hybridized carbons (Fsp3) is 0.727. The van der Waals surface area contributed by atoms with E-state index < -0.39 is 0 Å². The predicted molar refractivity (Wildman–Crippen MR) is 60.0 cm³/mol. The van der Waals surface area contributed by atoms with Crippen molar-refractivity contribution in [2.75, 3.05) is 5.33 Å². The van der Waals surface area contributed by atoms with Crippen LogP contribution in [0.1, 0.15) is 26.2 Å². The fourth-order valence-electron chi connectivity index (χ4n) is 3.22. The molecule has 2 aliphatic rings. The molecule has 2 saturated carbocycles. The molecular formula is C11H16BrNO. The quantitative estimate of drug-likeness (QED) is 0.599. The summed E-state index contributed by atoms with van der Waals surface area (Å²) >= 11 is 3.53. The summed E-state index contributed by atoms with van der Waals surface area (Å²) in [6.07, 6.45) is 2.95. The molecule has 0 unspecified atom stereocenters. The summed E-state index contributed by atoms with van der Waals surface area (Å²) in [6, 6.07) is 0. The van der Waals surface area contributed by atoms with Gasteiger partial charge in [0.25, 0.3) is 0 Å². The van der Waals surface area contributed by atoms with Crippen molar-refractivity contribution in [2.45, 2.75) is 26.2 Å². The van der Waals surface area contributed by atoms with E-state index in [0.29, 0.717) is 5.92 Å². The van der Waals surface area contributed by atoms with Crippen molar-refractivity contribution in [3.63, 3.8) is 0 Å². The Bertz CT molecular complexity index is 314. The van der Waals surface area contributed by atoms with Gasteiger partial charge in [0, 0.05) is 10.7 Å². The molecule has 0 aromatic carbocycles. The van der Waals surface area contributed by atoms with Gasteiger partial charge in [-0.3, -0.25) is 4.79 Å². The van der Waals surface area contributed by atoms with Crippen LogP contribution in [-0.2, 0) is 4.79 Å². The average molecular weight is 258 g/mol. The lowest BCUT2D eigenvalue weighted by Crippen LogP contribution is -2.39. The van der Waals surface area contributed by atoms with Crippen LogP contribution in [0.15, 0.2) is 12.2 Å². The highest BCUT2D eigenvalue weighted by Gasteiger charge is 2.61. The van der Waals surface area contributed by atoms with Crippen LogP contribution in [0.5, 0.6) is 0 Å². The molecule has 0 spiro atoms. The second-order valence-electron chi connectivity index (χ2n) is 4.92. The minimum Gasteiger partial charge on any atom is -0.369 e. The second-order valence-corrected chi connectivity index (χ2v) is 5.48. The maximum absolute atomic E-state index is 11.5. The van der Waals surface area contributed by atoms with Gasteiger partial charge in [0.05, 0.1) is 5.41 Å². The standard InChI is InChI=1S/C11H16BrNO/c1-7-10(2,6-12)8-3-4-11(7,5-8)9(13)14/h8H,1,3-6H2,2H3,(H2,13,14)/t8-,10-,11-/m0/s1. The lowest BCUT2D eigenvalue weighted by Gasteiger charge is -2.37. The first-order valence-electron chi connectivity index (χ1n) is 5.03. The Morgan fingerprint density at radius 3 is 2.79 bits per heavy atom. The van der Waals surface area contributed by atoms with E-state index in [1.807, 2.05) is 0 Å². The Morgan fingerprint density at radius 2 is 2.43 bits per heavy atom. The molecule has 1 amide bonds. The summed E-state index contributed by atoms with van der Waals surface area (Å²) in [5.41, 5.74) is 6.28. The van der Waals surface area contributed by atoms with Crippen LogP contribution in [0.4, 0.5) is 0 Å². The van der Waals surface area contributed by atoms with Crippen molar-refractivity contribution in [2.24, 2.45) is 22.5 Å². The van der Waals surface area contributed by atoms with Crippen molar-refractivity contribution >= 4 is 21.8 Å². The molecule has 0 aliphatic heterocycles. The highest BCUT2D eigenvalue weighted by atomic mass is 79.9. The van der Waals surface area contributed by atoms with E-state index in [-0.39, 0.29) is 16.7 Å². The Kier molecular flexibility index (Phi) is 2.08. The number of carbonyl (C=O) groups excluding carboxylic acids is 1. The molecule has 0 aromatic heterocycles. The number of primary amides is 1. The maximum Gasteiger partial charge on any atom is 0.227 e. The molecule has 3 heteroatoms. The van der Waals surface area contributed by atoms with Gasteiger partial charge in [-0.1, -0.05) is 35.0 Å². The monoisotopic (exact) mass is 257 g/mol. The highest BCUT2D eigenvalue weighted by molar-refractivity contribution is 9.09. The van der Waals surface area contributed by atoms with Gasteiger partial charge in [0.1, 0.15) is 0 Å². The van der Waals surface area contributed by atoms with E-state index >= 15 is 0 Å². The second kappa shape index (κ2) is 2.84. The molecule has 2 fully saturated rings. The summed E-state index contributed by atoms with van der Waals surface area (Å²) in [4.78, 5) is 11.5. The zero-order chi connectivity index (χ0) is 10.6. The van der Waals surface area contributed by atoms with E-state index in [1.54, 1.807) is 0 Å². The lowest BCUT2D eigenvalue weighted by atomic mass is 9.68. The smallest absolute Gasteiger partial charge is 0.227 e. The summed E-state index contributed by atoms with van der Waals surface area (Å²) in [7, 11) is 0. The third-order valence-corrected chi connectivity index (χ3v) is 5.60. The number of hydrogen-bond acceptors (Lipinski definition) is 1. The first kappa shape index (κ1) is 10.2. The maximum atomic E-state index is 11.5. The SMILES string of the molecule is C=C1[C@]2(C(N)=O)CC[C@@H](C2)[C@@]1(C)CBr. The van der Waals surface area contributed by atoms with E-state index in [0.717, 1.165) is 30.2 Å². The van der Waals surface area contributed by atoms with Crippen molar-refractivity contribution in [1.82, 2.24) is 0 Å². The van der Waals surface area contributed by atoms with E-state index in [4.69, 9.17) is 5.73 Å². The van der Waals surface area contributed by atoms with Gasteiger partial charge >= 0.3 is 0 Å². The third-order valence-electron chi connectivity index (χ3n) is 4.43. The molecule has 2 bridgehead atoms. The van der Waals surface area contributed by atoms with Gasteiger partial charge in [0.15, 0.2) is 0 Å². The Labute approximate surface area is 93.1 Å².